The van der Waals surface area contributed by atoms with E-state index in [0.717, 1.165) is 5.56 Å². The molecule has 2 rings (SSSR count). The lowest BCUT2D eigenvalue weighted by molar-refractivity contribution is -0.166. The van der Waals surface area contributed by atoms with Crippen molar-refractivity contribution in [2.24, 2.45) is 5.92 Å². The van der Waals surface area contributed by atoms with Crippen LogP contribution >= 0.6 is 0 Å². The highest BCUT2D eigenvalue weighted by Crippen LogP contribution is 2.25. The molecule has 7 nitrogen and oxygen atoms in total. The van der Waals surface area contributed by atoms with Gasteiger partial charge < -0.3 is 14.4 Å². The lowest BCUT2D eigenvalue weighted by Gasteiger charge is -2.32. The molecule has 2 amide bonds. The van der Waals surface area contributed by atoms with Gasteiger partial charge in [-0.1, -0.05) is 44.2 Å². The summed E-state index contributed by atoms with van der Waals surface area (Å²) in [5.41, 5.74) is 0.239. The minimum atomic E-state index is -0.680. The van der Waals surface area contributed by atoms with E-state index in [1.54, 1.807) is 27.8 Å². The molecule has 1 aromatic rings. The fourth-order valence-corrected chi connectivity index (χ4v) is 3.39. The van der Waals surface area contributed by atoms with E-state index in [1.165, 1.54) is 9.80 Å². The highest BCUT2D eigenvalue weighted by atomic mass is 16.6. The van der Waals surface area contributed by atoms with Gasteiger partial charge in [0.2, 0.25) is 5.91 Å². The van der Waals surface area contributed by atoms with Crippen LogP contribution in [-0.4, -0.2) is 59.0 Å². The largest absolute Gasteiger partial charge is 0.458 e. The number of nitrogens with zero attached hydrogens (tertiary/aromatic N) is 2. The van der Waals surface area contributed by atoms with E-state index >= 15 is 0 Å². The maximum Gasteiger partial charge on any atom is 0.410 e. The fraction of sp³-hybridized carbons (Fsp3) is 0.591. The molecule has 0 spiro atoms. The molecule has 1 saturated heterocycles. The lowest BCUT2D eigenvalue weighted by Crippen LogP contribution is -2.51. The van der Waals surface area contributed by atoms with Crippen molar-refractivity contribution in [3.63, 3.8) is 0 Å². The number of hydrogen-bond donors (Lipinski definition) is 0. The van der Waals surface area contributed by atoms with Gasteiger partial charge in [-0.25, -0.2) is 9.59 Å². The Balaban J connectivity index is 2.02. The molecule has 1 aromatic carbocycles. The van der Waals surface area contributed by atoms with Crippen molar-refractivity contribution in [3.05, 3.63) is 35.9 Å². The van der Waals surface area contributed by atoms with E-state index in [-0.39, 0.29) is 18.4 Å². The Bertz CT molecular complexity index is 726. The third kappa shape index (κ3) is 5.95. The number of amides is 2. The Morgan fingerprint density at radius 1 is 1.21 bits per heavy atom. The first kappa shape index (κ1) is 22.7. The van der Waals surface area contributed by atoms with Gasteiger partial charge in [0.1, 0.15) is 24.3 Å². The molecule has 1 fully saturated rings. The van der Waals surface area contributed by atoms with E-state index in [1.807, 2.05) is 44.2 Å². The minimum absolute atomic E-state index is 0.108. The summed E-state index contributed by atoms with van der Waals surface area (Å²) in [4.78, 5) is 41.0. The molecule has 0 aromatic heterocycles. The number of likely N-dealkylation sites (N-methyl/N-ethyl adjacent to an activating group) is 1. The number of esters is 1. The Morgan fingerprint density at radius 3 is 2.38 bits per heavy atom. The molecule has 29 heavy (non-hydrogen) atoms. The van der Waals surface area contributed by atoms with Gasteiger partial charge in [-0.05, 0) is 38.7 Å². The number of carbonyl (C=O) groups excluding carboxylic acids is 3. The van der Waals surface area contributed by atoms with Crippen molar-refractivity contribution in [3.8, 4) is 0 Å². The number of carbonyl (C=O) groups is 3. The Labute approximate surface area is 172 Å². The zero-order valence-electron chi connectivity index (χ0n) is 18.2. The summed E-state index contributed by atoms with van der Waals surface area (Å²) in [5, 5.41) is 0. The lowest BCUT2D eigenvalue weighted by atomic mass is 10.0. The van der Waals surface area contributed by atoms with Crippen molar-refractivity contribution in [2.45, 2.75) is 65.3 Å². The van der Waals surface area contributed by atoms with Gasteiger partial charge in [0.15, 0.2) is 0 Å². The molecule has 7 heteroatoms. The Morgan fingerprint density at radius 2 is 1.83 bits per heavy atom. The maximum atomic E-state index is 13.0. The quantitative estimate of drug-likeness (QED) is 0.681. The van der Waals surface area contributed by atoms with Crippen molar-refractivity contribution in [2.75, 3.05) is 13.6 Å². The molecule has 0 bridgehead atoms. The number of hydrogen-bond acceptors (Lipinski definition) is 5. The summed E-state index contributed by atoms with van der Waals surface area (Å²) in [6.07, 6.45) is -0.116. The van der Waals surface area contributed by atoms with E-state index < -0.39 is 29.7 Å². The molecule has 0 radical (unpaired) electrons. The SMILES string of the molecule is CC(C)[C@@H](C(=O)OC(C)(C)C)N1CC[C@@H](N(C)C(=O)OCc2ccccc2)C1=O. The molecule has 1 aliphatic rings. The van der Waals surface area contributed by atoms with Crippen LogP contribution in [0.15, 0.2) is 30.3 Å². The molecule has 0 N–H and O–H groups in total. The van der Waals surface area contributed by atoms with Crippen molar-refractivity contribution >= 4 is 18.0 Å². The molecular weight excluding hydrogens is 372 g/mol. The second kappa shape index (κ2) is 9.29. The topological polar surface area (TPSA) is 76.2 Å². The smallest absolute Gasteiger partial charge is 0.410 e. The minimum Gasteiger partial charge on any atom is -0.458 e. The summed E-state index contributed by atoms with van der Waals surface area (Å²) in [5.74, 6) is -0.785. The van der Waals surface area contributed by atoms with Gasteiger partial charge in [0.25, 0.3) is 0 Å². The zero-order chi connectivity index (χ0) is 21.8. The van der Waals surface area contributed by atoms with Crippen LogP contribution in [0, 0.1) is 5.92 Å². The number of benzene rings is 1. The summed E-state index contributed by atoms with van der Waals surface area (Å²) < 4.78 is 10.8. The second-order valence-corrected chi connectivity index (χ2v) is 8.71. The molecular formula is C22H32N2O5. The first-order chi connectivity index (χ1) is 13.5. The van der Waals surface area contributed by atoms with Crippen molar-refractivity contribution < 1.29 is 23.9 Å². The second-order valence-electron chi connectivity index (χ2n) is 8.71. The molecule has 1 heterocycles. The van der Waals surface area contributed by atoms with Crippen LogP contribution in [0.5, 0.6) is 0 Å². The maximum absolute atomic E-state index is 13.0. The summed E-state index contributed by atoms with van der Waals surface area (Å²) in [6.45, 7) is 9.69. The fourth-order valence-electron chi connectivity index (χ4n) is 3.39. The van der Waals surface area contributed by atoms with Crippen LogP contribution in [0.25, 0.3) is 0 Å². The summed E-state index contributed by atoms with van der Waals surface area (Å²) in [6, 6.07) is 8.02. The average Bonchev–Trinajstić information content (AvgIpc) is 2.99. The van der Waals surface area contributed by atoms with Gasteiger partial charge in [0.05, 0.1) is 0 Å². The molecule has 0 aliphatic carbocycles. The van der Waals surface area contributed by atoms with Crippen LogP contribution in [0.1, 0.15) is 46.6 Å². The van der Waals surface area contributed by atoms with E-state index in [9.17, 15) is 14.4 Å². The van der Waals surface area contributed by atoms with E-state index in [0.29, 0.717) is 13.0 Å². The standard InChI is InChI=1S/C22H32N2O5/c1-15(2)18(20(26)29-22(3,4)5)24-13-12-17(19(24)25)23(6)21(27)28-14-16-10-8-7-9-11-16/h7-11,15,17-18H,12-14H2,1-6H3/t17-,18+/m1/s1. The molecule has 2 atom stereocenters. The highest BCUT2D eigenvalue weighted by Gasteiger charge is 2.44. The van der Waals surface area contributed by atoms with E-state index in [4.69, 9.17) is 9.47 Å². The van der Waals surface area contributed by atoms with Crippen molar-refractivity contribution in [1.82, 2.24) is 9.80 Å². The predicted octanol–water partition coefficient (Wildman–Crippen LogP) is 3.22. The molecule has 0 saturated carbocycles. The number of ether oxygens (including phenoxy) is 2. The van der Waals surface area contributed by atoms with Crippen LogP contribution in [0.4, 0.5) is 4.79 Å². The van der Waals surface area contributed by atoms with Gasteiger partial charge >= 0.3 is 12.1 Å². The van der Waals surface area contributed by atoms with Gasteiger partial charge in [-0.15, -0.1) is 0 Å². The van der Waals surface area contributed by atoms with Gasteiger partial charge in [-0.2, -0.15) is 0 Å². The average molecular weight is 405 g/mol. The first-order valence-electron chi connectivity index (χ1n) is 9.98. The zero-order valence-corrected chi connectivity index (χ0v) is 18.2. The van der Waals surface area contributed by atoms with Crippen LogP contribution < -0.4 is 0 Å². The molecule has 0 unspecified atom stereocenters. The van der Waals surface area contributed by atoms with Crippen LogP contribution in [-0.2, 0) is 25.7 Å². The van der Waals surface area contributed by atoms with E-state index in [2.05, 4.69) is 0 Å². The Kier molecular flexibility index (Phi) is 7.27. The molecule has 1 aliphatic heterocycles. The number of rotatable bonds is 6. The normalized spacial score (nSPS) is 18.0. The monoisotopic (exact) mass is 404 g/mol. The summed E-state index contributed by atoms with van der Waals surface area (Å²) >= 11 is 0. The van der Waals surface area contributed by atoms with Crippen LogP contribution in [0.2, 0.25) is 0 Å². The predicted molar refractivity (Wildman–Crippen MR) is 109 cm³/mol. The number of likely N-dealkylation sites (tertiary alicyclic amines) is 1. The third-order valence-electron chi connectivity index (χ3n) is 4.79. The van der Waals surface area contributed by atoms with Gasteiger partial charge in [0, 0.05) is 13.6 Å². The highest BCUT2D eigenvalue weighted by molar-refractivity contribution is 5.91. The van der Waals surface area contributed by atoms with Crippen LogP contribution in [0.3, 0.4) is 0 Å². The first-order valence-corrected chi connectivity index (χ1v) is 9.98. The summed E-state index contributed by atoms with van der Waals surface area (Å²) in [7, 11) is 1.55. The molecule has 160 valence electrons. The third-order valence-corrected chi connectivity index (χ3v) is 4.79. The van der Waals surface area contributed by atoms with Gasteiger partial charge in [-0.3, -0.25) is 9.69 Å². The Hall–Kier alpha value is -2.57. The van der Waals surface area contributed by atoms with Crippen molar-refractivity contribution in [1.29, 1.82) is 0 Å².